The molecule has 6 nitrogen and oxygen atoms in total. The smallest absolute Gasteiger partial charge is 0.226 e. The highest BCUT2D eigenvalue weighted by molar-refractivity contribution is 14.0. The number of hydrogen-bond acceptors (Lipinski definition) is 4. The molecule has 0 aliphatic heterocycles. The van der Waals surface area contributed by atoms with Gasteiger partial charge in [0.05, 0.1) is 0 Å². The molecule has 0 radical (unpaired) electrons. The topological polar surface area (TPSA) is 75.3 Å². The summed E-state index contributed by atoms with van der Waals surface area (Å²) in [6.45, 7) is 8.44. The highest BCUT2D eigenvalue weighted by Gasteiger charge is 2.09. The van der Waals surface area contributed by atoms with Gasteiger partial charge in [-0.3, -0.25) is 4.99 Å². The van der Waals surface area contributed by atoms with Gasteiger partial charge in [0.2, 0.25) is 5.89 Å². The third-order valence-corrected chi connectivity index (χ3v) is 4.18. The fourth-order valence-electron chi connectivity index (χ4n) is 2.38. The molecule has 0 amide bonds. The maximum Gasteiger partial charge on any atom is 0.226 e. The minimum atomic E-state index is 0. The van der Waals surface area contributed by atoms with Gasteiger partial charge in [0, 0.05) is 37.0 Å². The highest BCUT2D eigenvalue weighted by Crippen LogP contribution is 2.14. The number of aromatic nitrogens is 2. The number of nitrogens with one attached hydrogen (secondary N) is 2. The second-order valence-corrected chi connectivity index (χ2v) is 6.74. The molecule has 0 aliphatic rings. The van der Waals surface area contributed by atoms with E-state index in [0.29, 0.717) is 12.4 Å². The molecule has 8 heteroatoms. The molecule has 0 bridgehead atoms. The molecule has 0 aliphatic carbocycles. The first kappa shape index (κ1) is 23.7. The van der Waals surface area contributed by atoms with E-state index in [-0.39, 0.29) is 29.9 Å². The van der Waals surface area contributed by atoms with Crippen molar-refractivity contribution < 1.29 is 4.52 Å². The lowest BCUT2D eigenvalue weighted by molar-refractivity contribution is 0.369. The molecule has 0 spiro atoms. The van der Waals surface area contributed by atoms with Crippen LogP contribution >= 0.6 is 35.6 Å². The lowest BCUT2D eigenvalue weighted by Gasteiger charge is -2.11. The Morgan fingerprint density at radius 2 is 2.00 bits per heavy atom. The second kappa shape index (κ2) is 12.9. The van der Waals surface area contributed by atoms with Gasteiger partial charge in [-0.05, 0) is 31.4 Å². The van der Waals surface area contributed by atoms with Gasteiger partial charge in [0.25, 0.3) is 0 Å². The first-order valence-corrected chi connectivity index (χ1v) is 9.56. The molecule has 1 aromatic carbocycles. The third kappa shape index (κ3) is 8.47. The molecule has 0 saturated carbocycles. The number of guanidine groups is 1. The van der Waals surface area contributed by atoms with Crippen molar-refractivity contribution in [2.75, 3.05) is 19.6 Å². The van der Waals surface area contributed by atoms with Gasteiger partial charge in [0.15, 0.2) is 11.8 Å². The largest absolute Gasteiger partial charge is 0.357 e. The van der Waals surface area contributed by atoms with Crippen molar-refractivity contribution in [3.63, 3.8) is 0 Å². The molecule has 2 N–H and O–H groups in total. The molecule has 2 aromatic rings. The van der Waals surface area contributed by atoms with E-state index in [0.717, 1.165) is 54.7 Å². The van der Waals surface area contributed by atoms with Gasteiger partial charge in [-0.15, -0.1) is 24.0 Å². The van der Waals surface area contributed by atoms with Crippen LogP contribution < -0.4 is 10.6 Å². The van der Waals surface area contributed by atoms with E-state index < -0.39 is 0 Å². The first-order chi connectivity index (χ1) is 12.6. The van der Waals surface area contributed by atoms with Gasteiger partial charge in [0.1, 0.15) is 0 Å². The monoisotopic (exact) mass is 505 g/mol. The minimum Gasteiger partial charge on any atom is -0.357 e. The van der Waals surface area contributed by atoms with Crippen molar-refractivity contribution in [1.29, 1.82) is 0 Å². The lowest BCUT2D eigenvalue weighted by atomic mass is 10.1. The molecule has 1 aromatic heterocycles. The minimum absolute atomic E-state index is 0. The second-order valence-electron chi connectivity index (χ2n) is 6.33. The van der Waals surface area contributed by atoms with Crippen LogP contribution in [0.4, 0.5) is 0 Å². The number of benzene rings is 1. The number of rotatable bonds is 9. The Kier molecular flexibility index (Phi) is 11.3. The molecule has 27 heavy (non-hydrogen) atoms. The molecular formula is C19H29ClIN5O. The van der Waals surface area contributed by atoms with E-state index in [4.69, 9.17) is 16.1 Å². The fraction of sp³-hybridized carbons (Fsp3) is 0.526. The molecule has 2 rings (SSSR count). The van der Waals surface area contributed by atoms with Crippen LogP contribution in [0.3, 0.4) is 0 Å². The normalized spacial score (nSPS) is 11.4. The van der Waals surface area contributed by atoms with Gasteiger partial charge in [-0.25, -0.2) is 0 Å². The number of halogens is 2. The van der Waals surface area contributed by atoms with Crippen LogP contribution in [0, 0.1) is 0 Å². The van der Waals surface area contributed by atoms with E-state index in [1.54, 1.807) is 0 Å². The fourth-order valence-corrected chi connectivity index (χ4v) is 2.61. The summed E-state index contributed by atoms with van der Waals surface area (Å²) in [7, 11) is 0. The molecular weight excluding hydrogens is 477 g/mol. The molecule has 150 valence electrons. The van der Waals surface area contributed by atoms with Crippen LogP contribution in [0.5, 0.6) is 0 Å². The van der Waals surface area contributed by atoms with Crippen LogP contribution in [0.25, 0.3) is 0 Å². The highest BCUT2D eigenvalue weighted by atomic mass is 127. The van der Waals surface area contributed by atoms with E-state index in [1.165, 1.54) is 0 Å². The predicted octanol–water partition coefficient (Wildman–Crippen LogP) is 4.19. The number of aryl methyl sites for hydroxylation is 1. The predicted molar refractivity (Wildman–Crippen MR) is 121 cm³/mol. The van der Waals surface area contributed by atoms with E-state index in [9.17, 15) is 0 Å². The van der Waals surface area contributed by atoms with Gasteiger partial charge in [-0.1, -0.05) is 48.8 Å². The summed E-state index contributed by atoms with van der Waals surface area (Å²) in [6, 6.07) is 7.91. The van der Waals surface area contributed by atoms with Crippen molar-refractivity contribution >= 4 is 41.5 Å². The van der Waals surface area contributed by atoms with Crippen LogP contribution in [0.2, 0.25) is 5.02 Å². The SMILES string of the molecule is CCNC(=NCCCc1nc(C(C)C)no1)NCCc1ccccc1Cl.I. The summed E-state index contributed by atoms with van der Waals surface area (Å²) >= 11 is 6.19. The maximum atomic E-state index is 6.19. The number of hydrogen-bond donors (Lipinski definition) is 2. The Labute approximate surface area is 183 Å². The summed E-state index contributed by atoms with van der Waals surface area (Å²) < 4.78 is 5.25. The molecule has 0 fully saturated rings. The molecule has 0 saturated heterocycles. The zero-order chi connectivity index (χ0) is 18.8. The first-order valence-electron chi connectivity index (χ1n) is 9.18. The summed E-state index contributed by atoms with van der Waals surface area (Å²) in [4.78, 5) is 8.98. The van der Waals surface area contributed by atoms with E-state index in [1.807, 2.05) is 24.3 Å². The van der Waals surface area contributed by atoms with Crippen molar-refractivity contribution in [1.82, 2.24) is 20.8 Å². The summed E-state index contributed by atoms with van der Waals surface area (Å²) in [5.74, 6) is 2.54. The summed E-state index contributed by atoms with van der Waals surface area (Å²) in [6.07, 6.45) is 2.45. The number of aliphatic imine (C=N–C) groups is 1. The lowest BCUT2D eigenvalue weighted by Crippen LogP contribution is -2.38. The number of nitrogens with zero attached hydrogens (tertiary/aromatic N) is 3. The molecule has 0 unspecified atom stereocenters. The average molecular weight is 506 g/mol. The van der Waals surface area contributed by atoms with E-state index in [2.05, 4.69) is 46.5 Å². The van der Waals surface area contributed by atoms with Crippen LogP contribution in [0.15, 0.2) is 33.8 Å². The van der Waals surface area contributed by atoms with Crippen molar-refractivity contribution in [2.24, 2.45) is 4.99 Å². The van der Waals surface area contributed by atoms with E-state index >= 15 is 0 Å². The average Bonchev–Trinajstić information content (AvgIpc) is 3.09. The van der Waals surface area contributed by atoms with Crippen molar-refractivity contribution in [3.8, 4) is 0 Å². The Morgan fingerprint density at radius 1 is 1.22 bits per heavy atom. The summed E-state index contributed by atoms with van der Waals surface area (Å²) in [5.41, 5.74) is 1.13. The van der Waals surface area contributed by atoms with Gasteiger partial charge < -0.3 is 15.2 Å². The Balaban J connectivity index is 0.00000364. The zero-order valence-electron chi connectivity index (χ0n) is 16.2. The Bertz CT molecular complexity index is 705. The third-order valence-electron chi connectivity index (χ3n) is 3.81. The van der Waals surface area contributed by atoms with Gasteiger partial charge >= 0.3 is 0 Å². The van der Waals surface area contributed by atoms with Crippen molar-refractivity contribution in [2.45, 2.75) is 46.0 Å². The zero-order valence-corrected chi connectivity index (χ0v) is 19.3. The quantitative estimate of drug-likeness (QED) is 0.231. The van der Waals surface area contributed by atoms with Crippen molar-refractivity contribution in [3.05, 3.63) is 46.6 Å². The maximum absolute atomic E-state index is 6.19. The standard InChI is InChI=1S/C19H28ClN5O.HI/c1-4-21-19(23-13-11-15-8-5-6-9-16(15)20)22-12-7-10-17-24-18(14(2)3)25-26-17;/h5-6,8-9,14H,4,7,10-13H2,1-3H3,(H2,21,22,23);1H. The van der Waals surface area contributed by atoms with Gasteiger partial charge in [-0.2, -0.15) is 4.98 Å². The Morgan fingerprint density at radius 3 is 2.67 bits per heavy atom. The summed E-state index contributed by atoms with van der Waals surface area (Å²) in [5, 5.41) is 11.4. The van der Waals surface area contributed by atoms with Crippen LogP contribution in [0.1, 0.15) is 50.4 Å². The van der Waals surface area contributed by atoms with Crippen LogP contribution in [-0.4, -0.2) is 35.7 Å². The molecule has 0 atom stereocenters. The molecule has 1 heterocycles. The Hall–Kier alpha value is -1.35. The van der Waals surface area contributed by atoms with Crippen LogP contribution in [-0.2, 0) is 12.8 Å².